The summed E-state index contributed by atoms with van der Waals surface area (Å²) in [6.07, 6.45) is 6.26. The molecule has 0 aliphatic carbocycles. The van der Waals surface area contributed by atoms with Crippen LogP contribution in [0.5, 0.6) is 5.75 Å². The normalized spacial score (nSPS) is 19.3. The molecule has 0 amide bonds. The molecule has 1 saturated heterocycles. The van der Waals surface area contributed by atoms with Crippen molar-refractivity contribution in [1.82, 2.24) is 4.90 Å². The van der Waals surface area contributed by atoms with Crippen molar-refractivity contribution in [2.75, 3.05) is 19.0 Å². The third kappa shape index (κ3) is 3.85. The number of likely N-dealkylation sites (tertiary alicyclic amines) is 1. The number of methoxy groups -OCH3 is 1. The Bertz CT molecular complexity index is 450. The first-order chi connectivity index (χ1) is 9.74. The number of hydrogen-bond donors (Lipinski definition) is 1. The molecule has 2 rings (SSSR count). The van der Waals surface area contributed by atoms with Crippen molar-refractivity contribution >= 4 is 23.0 Å². The molecule has 1 fully saturated rings. The molecule has 1 aromatic rings. The van der Waals surface area contributed by atoms with Crippen LogP contribution in [0.1, 0.15) is 39.0 Å². The summed E-state index contributed by atoms with van der Waals surface area (Å²) in [6, 6.07) is 8.49. The Morgan fingerprint density at radius 1 is 1.40 bits per heavy atom. The zero-order valence-corrected chi connectivity index (χ0v) is 13.2. The number of nitrogens with zero attached hydrogens (tertiary/aromatic N) is 1. The highest BCUT2D eigenvalue weighted by molar-refractivity contribution is 7.80. The molecule has 1 heterocycles. The van der Waals surface area contributed by atoms with E-state index in [2.05, 4.69) is 17.1 Å². The van der Waals surface area contributed by atoms with Crippen LogP contribution in [0.25, 0.3) is 0 Å². The molecule has 3 nitrogen and oxygen atoms in total. The Balaban J connectivity index is 2.05. The van der Waals surface area contributed by atoms with Crippen molar-refractivity contribution in [3.8, 4) is 5.75 Å². The van der Waals surface area contributed by atoms with Gasteiger partial charge in [-0.15, -0.1) is 0 Å². The van der Waals surface area contributed by atoms with Crippen LogP contribution >= 0.6 is 12.2 Å². The van der Waals surface area contributed by atoms with Gasteiger partial charge < -0.3 is 15.0 Å². The molecule has 0 saturated carbocycles. The second kappa shape index (κ2) is 7.48. The van der Waals surface area contributed by atoms with Crippen LogP contribution in [-0.4, -0.2) is 29.7 Å². The summed E-state index contributed by atoms with van der Waals surface area (Å²) in [5, 5.41) is 4.20. The van der Waals surface area contributed by atoms with Gasteiger partial charge in [0.05, 0.1) is 7.11 Å². The molecule has 1 aromatic carbocycles. The van der Waals surface area contributed by atoms with Gasteiger partial charge in [-0.1, -0.05) is 25.8 Å². The Labute approximate surface area is 127 Å². The summed E-state index contributed by atoms with van der Waals surface area (Å²) in [6.45, 7) is 3.31. The van der Waals surface area contributed by atoms with Crippen LogP contribution in [0.2, 0.25) is 0 Å². The van der Waals surface area contributed by atoms with E-state index in [-0.39, 0.29) is 0 Å². The van der Waals surface area contributed by atoms with Crippen LogP contribution < -0.4 is 10.1 Å². The summed E-state index contributed by atoms with van der Waals surface area (Å²) in [5.74, 6) is 0.848. The summed E-state index contributed by atoms with van der Waals surface area (Å²) >= 11 is 5.61. The number of rotatable bonds is 3. The van der Waals surface area contributed by atoms with Gasteiger partial charge in [0.15, 0.2) is 5.11 Å². The van der Waals surface area contributed by atoms with E-state index in [0.29, 0.717) is 6.04 Å². The Kier molecular flexibility index (Phi) is 5.65. The predicted octanol–water partition coefficient (Wildman–Crippen LogP) is 4.05. The monoisotopic (exact) mass is 292 g/mol. The highest BCUT2D eigenvalue weighted by atomic mass is 32.1. The fourth-order valence-corrected chi connectivity index (χ4v) is 3.12. The Hall–Kier alpha value is -1.29. The van der Waals surface area contributed by atoms with Gasteiger partial charge in [0.2, 0.25) is 0 Å². The topological polar surface area (TPSA) is 24.5 Å². The number of hydrogen-bond acceptors (Lipinski definition) is 2. The SMILES string of the molecule is CCC1CCCCCN1C(=S)Nc1cccc(OC)c1. The number of benzene rings is 1. The van der Waals surface area contributed by atoms with Gasteiger partial charge in [0, 0.05) is 24.3 Å². The van der Waals surface area contributed by atoms with Crippen molar-refractivity contribution in [3.63, 3.8) is 0 Å². The largest absolute Gasteiger partial charge is 0.497 e. The second-order valence-corrected chi connectivity index (χ2v) is 5.65. The van der Waals surface area contributed by atoms with Crippen LogP contribution in [-0.2, 0) is 0 Å². The highest BCUT2D eigenvalue weighted by Gasteiger charge is 2.21. The van der Waals surface area contributed by atoms with Crippen LogP contribution in [0.15, 0.2) is 24.3 Å². The molecule has 1 unspecified atom stereocenters. The smallest absolute Gasteiger partial charge is 0.173 e. The van der Waals surface area contributed by atoms with Crippen LogP contribution in [0.4, 0.5) is 5.69 Å². The van der Waals surface area contributed by atoms with Gasteiger partial charge in [0.1, 0.15) is 5.75 Å². The maximum absolute atomic E-state index is 5.61. The fourth-order valence-electron chi connectivity index (χ4n) is 2.77. The lowest BCUT2D eigenvalue weighted by atomic mass is 10.1. The minimum absolute atomic E-state index is 0.572. The van der Waals surface area contributed by atoms with Gasteiger partial charge in [-0.3, -0.25) is 0 Å². The molecule has 1 aliphatic heterocycles. The van der Waals surface area contributed by atoms with Gasteiger partial charge in [-0.25, -0.2) is 0 Å². The average Bonchev–Trinajstić information content (AvgIpc) is 2.72. The maximum atomic E-state index is 5.61. The minimum Gasteiger partial charge on any atom is -0.497 e. The van der Waals surface area contributed by atoms with Crippen LogP contribution in [0, 0.1) is 0 Å². The molecule has 0 bridgehead atoms. The predicted molar refractivity (Wildman–Crippen MR) is 88.5 cm³/mol. The molecule has 0 radical (unpaired) electrons. The first-order valence-corrected chi connectivity index (χ1v) is 7.87. The number of nitrogens with one attached hydrogen (secondary N) is 1. The molecule has 1 N–H and O–H groups in total. The fraction of sp³-hybridized carbons (Fsp3) is 0.562. The van der Waals surface area contributed by atoms with Crippen molar-refractivity contribution in [1.29, 1.82) is 0 Å². The average molecular weight is 292 g/mol. The quantitative estimate of drug-likeness (QED) is 0.850. The van der Waals surface area contributed by atoms with E-state index in [0.717, 1.165) is 29.5 Å². The Morgan fingerprint density at radius 2 is 2.25 bits per heavy atom. The summed E-state index contributed by atoms with van der Waals surface area (Å²) in [7, 11) is 1.68. The van der Waals surface area contributed by atoms with E-state index >= 15 is 0 Å². The zero-order valence-electron chi connectivity index (χ0n) is 12.4. The minimum atomic E-state index is 0.572. The molecule has 4 heteroatoms. The summed E-state index contributed by atoms with van der Waals surface area (Å²) in [4.78, 5) is 2.36. The number of thiocarbonyl (C=S) groups is 1. The Morgan fingerprint density at radius 3 is 3.00 bits per heavy atom. The molecule has 20 heavy (non-hydrogen) atoms. The van der Waals surface area contributed by atoms with E-state index in [4.69, 9.17) is 17.0 Å². The highest BCUT2D eigenvalue weighted by Crippen LogP contribution is 2.22. The lowest BCUT2D eigenvalue weighted by Gasteiger charge is -2.32. The lowest BCUT2D eigenvalue weighted by molar-refractivity contribution is 0.311. The van der Waals surface area contributed by atoms with Crippen molar-refractivity contribution in [2.45, 2.75) is 45.1 Å². The van der Waals surface area contributed by atoms with E-state index in [9.17, 15) is 0 Å². The van der Waals surface area contributed by atoms with Crippen molar-refractivity contribution in [3.05, 3.63) is 24.3 Å². The van der Waals surface area contributed by atoms with E-state index in [1.54, 1.807) is 7.11 Å². The zero-order chi connectivity index (χ0) is 14.4. The first-order valence-electron chi connectivity index (χ1n) is 7.46. The summed E-state index contributed by atoms with van der Waals surface area (Å²) < 4.78 is 5.25. The first kappa shape index (κ1) is 15.1. The molecule has 1 aliphatic rings. The molecule has 1 atom stereocenters. The van der Waals surface area contributed by atoms with E-state index in [1.807, 2.05) is 24.3 Å². The van der Waals surface area contributed by atoms with Crippen molar-refractivity contribution < 1.29 is 4.74 Å². The van der Waals surface area contributed by atoms with E-state index in [1.165, 1.54) is 25.7 Å². The molecule has 0 spiro atoms. The number of anilines is 1. The standard InChI is InChI=1S/C16H24N2OS/c1-3-14-9-5-4-6-11-18(14)16(20)17-13-8-7-10-15(12-13)19-2/h7-8,10,12,14H,3-6,9,11H2,1-2H3,(H,17,20). The van der Waals surface area contributed by atoms with Crippen molar-refractivity contribution in [2.24, 2.45) is 0 Å². The van der Waals surface area contributed by atoms with Gasteiger partial charge in [-0.05, 0) is 43.6 Å². The van der Waals surface area contributed by atoms with Gasteiger partial charge >= 0.3 is 0 Å². The van der Waals surface area contributed by atoms with Crippen LogP contribution in [0.3, 0.4) is 0 Å². The molecule has 110 valence electrons. The third-order valence-corrected chi connectivity index (χ3v) is 4.27. The van der Waals surface area contributed by atoms with Gasteiger partial charge in [-0.2, -0.15) is 0 Å². The molecular formula is C16H24N2OS. The summed E-state index contributed by atoms with van der Waals surface area (Å²) in [5.41, 5.74) is 0.994. The molecule has 0 aromatic heterocycles. The molecular weight excluding hydrogens is 268 g/mol. The number of ether oxygens (including phenoxy) is 1. The van der Waals surface area contributed by atoms with E-state index < -0.39 is 0 Å². The second-order valence-electron chi connectivity index (χ2n) is 5.27. The van der Waals surface area contributed by atoms with Gasteiger partial charge in [0.25, 0.3) is 0 Å². The maximum Gasteiger partial charge on any atom is 0.173 e. The third-order valence-electron chi connectivity index (χ3n) is 3.93. The lowest BCUT2D eigenvalue weighted by Crippen LogP contribution is -2.42.